The molecule has 1 aliphatic carbocycles. The average Bonchev–Trinajstić information content (AvgIpc) is 3.06. The Morgan fingerprint density at radius 3 is 2.72 bits per heavy atom. The van der Waals surface area contributed by atoms with Crippen molar-refractivity contribution in [2.45, 2.75) is 77.4 Å². The van der Waals surface area contributed by atoms with Gasteiger partial charge in [-0.05, 0) is 55.6 Å². The van der Waals surface area contributed by atoms with E-state index in [1.165, 1.54) is 11.1 Å². The van der Waals surface area contributed by atoms with Gasteiger partial charge in [0.05, 0.1) is 0 Å². The first-order valence-corrected chi connectivity index (χ1v) is 9.96. The molecule has 0 aromatic heterocycles. The SMILES string of the molecule is CCCN(C(=O)C1CC(CC(C)C)NN1)C1CCc2ccccc2C1. The Morgan fingerprint density at radius 2 is 2.00 bits per heavy atom. The summed E-state index contributed by atoms with van der Waals surface area (Å²) in [6.45, 7) is 7.50. The predicted molar refractivity (Wildman–Crippen MR) is 102 cm³/mol. The van der Waals surface area contributed by atoms with E-state index >= 15 is 0 Å². The third kappa shape index (κ3) is 4.42. The molecule has 0 radical (unpaired) electrons. The zero-order valence-electron chi connectivity index (χ0n) is 15.9. The summed E-state index contributed by atoms with van der Waals surface area (Å²) in [5.41, 5.74) is 9.48. The van der Waals surface area contributed by atoms with E-state index in [4.69, 9.17) is 0 Å². The number of nitrogens with zero attached hydrogens (tertiary/aromatic N) is 1. The molecule has 4 nitrogen and oxygen atoms in total. The van der Waals surface area contributed by atoms with Crippen LogP contribution in [-0.4, -0.2) is 35.5 Å². The Balaban J connectivity index is 1.66. The number of hydrogen-bond donors (Lipinski definition) is 2. The Bertz CT molecular complexity index is 586. The van der Waals surface area contributed by atoms with Gasteiger partial charge in [-0.25, -0.2) is 5.43 Å². The number of hydrazine groups is 1. The highest BCUT2D eigenvalue weighted by Crippen LogP contribution is 2.26. The van der Waals surface area contributed by atoms with Crippen LogP contribution in [0.2, 0.25) is 0 Å². The molecular formula is C21H33N3O. The number of nitrogens with one attached hydrogen (secondary N) is 2. The van der Waals surface area contributed by atoms with Crippen molar-refractivity contribution in [3.05, 3.63) is 35.4 Å². The fourth-order valence-electron chi connectivity index (χ4n) is 4.37. The van der Waals surface area contributed by atoms with Gasteiger partial charge in [0.2, 0.25) is 5.91 Å². The zero-order valence-corrected chi connectivity index (χ0v) is 15.9. The first-order chi connectivity index (χ1) is 12.1. The van der Waals surface area contributed by atoms with Gasteiger partial charge in [-0.1, -0.05) is 45.0 Å². The predicted octanol–water partition coefficient (Wildman–Crippen LogP) is 3.06. The summed E-state index contributed by atoms with van der Waals surface area (Å²) in [5.74, 6) is 0.930. The maximum absolute atomic E-state index is 13.2. The second-order valence-corrected chi connectivity index (χ2v) is 8.10. The van der Waals surface area contributed by atoms with E-state index in [-0.39, 0.29) is 11.9 Å². The minimum Gasteiger partial charge on any atom is -0.338 e. The molecule has 3 atom stereocenters. The molecule has 3 rings (SSSR count). The number of carbonyl (C=O) groups excluding carboxylic acids is 1. The molecule has 1 saturated heterocycles. The first-order valence-electron chi connectivity index (χ1n) is 9.96. The molecule has 4 heteroatoms. The van der Waals surface area contributed by atoms with E-state index in [0.29, 0.717) is 18.0 Å². The second-order valence-electron chi connectivity index (χ2n) is 8.10. The summed E-state index contributed by atoms with van der Waals surface area (Å²) in [7, 11) is 0. The molecule has 2 aliphatic rings. The number of aryl methyl sites for hydroxylation is 1. The van der Waals surface area contributed by atoms with Crippen LogP contribution in [0, 0.1) is 5.92 Å². The monoisotopic (exact) mass is 343 g/mol. The van der Waals surface area contributed by atoms with Gasteiger partial charge in [-0.3, -0.25) is 10.2 Å². The van der Waals surface area contributed by atoms with Gasteiger partial charge in [0.1, 0.15) is 6.04 Å². The summed E-state index contributed by atoms with van der Waals surface area (Å²) >= 11 is 0. The van der Waals surface area contributed by atoms with E-state index in [2.05, 4.69) is 60.8 Å². The van der Waals surface area contributed by atoms with Crippen molar-refractivity contribution in [3.63, 3.8) is 0 Å². The lowest BCUT2D eigenvalue weighted by Gasteiger charge is -2.36. The van der Waals surface area contributed by atoms with Gasteiger partial charge in [-0.2, -0.15) is 0 Å². The molecule has 1 heterocycles. The zero-order chi connectivity index (χ0) is 17.8. The van der Waals surface area contributed by atoms with Crippen molar-refractivity contribution in [1.29, 1.82) is 0 Å². The largest absolute Gasteiger partial charge is 0.338 e. The van der Waals surface area contributed by atoms with E-state index in [9.17, 15) is 4.79 Å². The Hall–Kier alpha value is -1.39. The van der Waals surface area contributed by atoms with Crippen LogP contribution in [0.5, 0.6) is 0 Å². The number of rotatable bonds is 6. The second kappa shape index (κ2) is 8.33. The number of carbonyl (C=O) groups is 1. The van der Waals surface area contributed by atoms with E-state index in [0.717, 1.165) is 45.1 Å². The molecular weight excluding hydrogens is 310 g/mol. The minimum atomic E-state index is -0.0764. The van der Waals surface area contributed by atoms with Crippen molar-refractivity contribution >= 4 is 5.91 Å². The molecule has 0 bridgehead atoms. The highest BCUT2D eigenvalue weighted by atomic mass is 16.2. The summed E-state index contributed by atoms with van der Waals surface area (Å²) < 4.78 is 0. The molecule has 25 heavy (non-hydrogen) atoms. The van der Waals surface area contributed by atoms with Gasteiger partial charge < -0.3 is 4.90 Å². The molecule has 2 N–H and O–H groups in total. The molecule has 0 saturated carbocycles. The lowest BCUT2D eigenvalue weighted by Crippen LogP contribution is -2.51. The molecule has 3 unspecified atom stereocenters. The Kier molecular flexibility index (Phi) is 6.13. The van der Waals surface area contributed by atoms with Crippen molar-refractivity contribution in [2.75, 3.05) is 6.54 Å². The van der Waals surface area contributed by atoms with Crippen molar-refractivity contribution in [1.82, 2.24) is 15.8 Å². The fraction of sp³-hybridized carbons (Fsp3) is 0.667. The van der Waals surface area contributed by atoms with Gasteiger partial charge in [0, 0.05) is 18.6 Å². The van der Waals surface area contributed by atoms with Crippen LogP contribution in [0.4, 0.5) is 0 Å². The van der Waals surface area contributed by atoms with Gasteiger partial charge in [0.25, 0.3) is 0 Å². The molecule has 138 valence electrons. The minimum absolute atomic E-state index is 0.0764. The van der Waals surface area contributed by atoms with Crippen LogP contribution in [0.15, 0.2) is 24.3 Å². The standard InChI is InChI=1S/C21H33N3O/c1-4-11-24(19-10-9-16-7-5-6-8-17(16)13-19)21(25)20-14-18(22-23-20)12-15(2)3/h5-8,15,18-20,22-23H,4,9-14H2,1-3H3. The highest BCUT2D eigenvalue weighted by Gasteiger charge is 2.35. The Morgan fingerprint density at radius 1 is 1.24 bits per heavy atom. The van der Waals surface area contributed by atoms with E-state index < -0.39 is 0 Å². The molecule has 0 spiro atoms. The fourth-order valence-corrected chi connectivity index (χ4v) is 4.37. The van der Waals surface area contributed by atoms with Gasteiger partial charge in [0.15, 0.2) is 0 Å². The molecule has 1 amide bonds. The smallest absolute Gasteiger partial charge is 0.241 e. The molecule has 1 fully saturated rings. The van der Waals surface area contributed by atoms with Gasteiger partial charge >= 0.3 is 0 Å². The third-order valence-corrected chi connectivity index (χ3v) is 5.55. The maximum Gasteiger partial charge on any atom is 0.241 e. The van der Waals surface area contributed by atoms with Crippen molar-refractivity contribution < 1.29 is 4.79 Å². The van der Waals surface area contributed by atoms with E-state index in [1.807, 2.05) is 0 Å². The quantitative estimate of drug-likeness (QED) is 0.834. The molecule has 1 aliphatic heterocycles. The summed E-state index contributed by atoms with van der Waals surface area (Å²) in [6, 6.07) is 9.37. The number of fused-ring (bicyclic) bond motifs is 1. The third-order valence-electron chi connectivity index (χ3n) is 5.55. The van der Waals surface area contributed by atoms with Crippen LogP contribution < -0.4 is 10.9 Å². The highest BCUT2D eigenvalue weighted by molar-refractivity contribution is 5.82. The summed E-state index contributed by atoms with van der Waals surface area (Å²) in [4.78, 5) is 15.4. The van der Waals surface area contributed by atoms with Crippen LogP contribution in [0.3, 0.4) is 0 Å². The number of amides is 1. The molecule has 1 aromatic carbocycles. The van der Waals surface area contributed by atoms with Crippen LogP contribution in [-0.2, 0) is 17.6 Å². The number of hydrogen-bond acceptors (Lipinski definition) is 3. The summed E-state index contributed by atoms with van der Waals surface area (Å²) in [5, 5.41) is 0. The van der Waals surface area contributed by atoms with E-state index in [1.54, 1.807) is 0 Å². The van der Waals surface area contributed by atoms with Gasteiger partial charge in [-0.15, -0.1) is 0 Å². The molecule has 1 aromatic rings. The van der Waals surface area contributed by atoms with Crippen LogP contribution >= 0.6 is 0 Å². The van der Waals surface area contributed by atoms with Crippen LogP contribution in [0.1, 0.15) is 57.6 Å². The number of benzene rings is 1. The average molecular weight is 344 g/mol. The summed E-state index contributed by atoms with van der Waals surface area (Å²) in [6.07, 6.45) is 6.19. The topological polar surface area (TPSA) is 44.4 Å². The Labute approximate surface area is 152 Å². The normalized spacial score (nSPS) is 25.8. The first kappa shape index (κ1) is 18.4. The van der Waals surface area contributed by atoms with Crippen molar-refractivity contribution in [3.8, 4) is 0 Å². The van der Waals surface area contributed by atoms with Crippen molar-refractivity contribution in [2.24, 2.45) is 5.92 Å². The lowest BCUT2D eigenvalue weighted by atomic mass is 9.87. The van der Waals surface area contributed by atoms with Crippen LogP contribution in [0.25, 0.3) is 0 Å². The lowest BCUT2D eigenvalue weighted by molar-refractivity contribution is -0.135. The maximum atomic E-state index is 13.2.